The van der Waals surface area contributed by atoms with Gasteiger partial charge in [-0.3, -0.25) is 0 Å². The lowest BCUT2D eigenvalue weighted by Gasteiger charge is -2.21. The van der Waals surface area contributed by atoms with Gasteiger partial charge in [-0.15, -0.1) is 0 Å². The molecular formula is C15H14ClNO6. The van der Waals surface area contributed by atoms with E-state index in [2.05, 4.69) is 5.16 Å². The van der Waals surface area contributed by atoms with E-state index in [1.807, 2.05) is 0 Å². The van der Waals surface area contributed by atoms with E-state index in [4.69, 9.17) is 35.1 Å². The highest BCUT2D eigenvalue weighted by atomic mass is 35.5. The fourth-order valence-corrected chi connectivity index (χ4v) is 2.37. The normalized spacial score (nSPS) is 13.1. The molecule has 1 aliphatic rings. The first-order valence-corrected chi connectivity index (χ1v) is 7.23. The molecule has 0 amide bonds. The Kier molecular flexibility index (Phi) is 4.68. The van der Waals surface area contributed by atoms with Crippen LogP contribution in [0.15, 0.2) is 22.7 Å². The van der Waals surface area contributed by atoms with Crippen molar-refractivity contribution >= 4 is 17.6 Å². The van der Waals surface area contributed by atoms with Gasteiger partial charge in [-0.05, 0) is 24.2 Å². The summed E-state index contributed by atoms with van der Waals surface area (Å²) in [7, 11) is 0. The van der Waals surface area contributed by atoms with Crippen LogP contribution in [0.1, 0.15) is 16.9 Å². The Morgan fingerprint density at radius 3 is 3.04 bits per heavy atom. The number of benzene rings is 1. The minimum absolute atomic E-state index is 0.0307. The lowest BCUT2D eigenvalue weighted by Crippen LogP contribution is -2.17. The van der Waals surface area contributed by atoms with Crippen molar-refractivity contribution in [1.82, 2.24) is 5.16 Å². The smallest absolute Gasteiger partial charge is 0.344 e. The number of esters is 1. The average Bonchev–Trinajstić information content (AvgIpc) is 2.96. The van der Waals surface area contributed by atoms with Gasteiger partial charge in [0, 0.05) is 22.2 Å². The van der Waals surface area contributed by atoms with Crippen LogP contribution < -0.4 is 9.47 Å². The Labute approximate surface area is 137 Å². The summed E-state index contributed by atoms with van der Waals surface area (Å²) in [5, 5.41) is 4.15. The van der Waals surface area contributed by atoms with E-state index in [9.17, 15) is 4.79 Å². The second kappa shape index (κ2) is 6.89. The molecule has 0 fully saturated rings. The van der Waals surface area contributed by atoms with Gasteiger partial charge >= 0.3 is 5.97 Å². The van der Waals surface area contributed by atoms with Crippen molar-refractivity contribution in [2.24, 2.45) is 0 Å². The summed E-state index contributed by atoms with van der Waals surface area (Å²) in [6.45, 7) is 2.06. The Bertz CT molecular complexity index is 714. The molecule has 2 aromatic rings. The molecule has 1 aliphatic heterocycles. The van der Waals surface area contributed by atoms with E-state index in [-0.39, 0.29) is 25.9 Å². The molecule has 122 valence electrons. The van der Waals surface area contributed by atoms with Gasteiger partial charge in [-0.25, -0.2) is 4.79 Å². The number of ether oxygens (including phenoxy) is 4. The van der Waals surface area contributed by atoms with Crippen LogP contribution in [0.5, 0.6) is 11.6 Å². The molecule has 0 radical (unpaired) electrons. The average molecular weight is 340 g/mol. The molecule has 3 rings (SSSR count). The number of hydrogen-bond acceptors (Lipinski definition) is 7. The summed E-state index contributed by atoms with van der Waals surface area (Å²) in [6.07, 6.45) is 0. The maximum Gasteiger partial charge on any atom is 0.344 e. The summed E-state index contributed by atoms with van der Waals surface area (Å²) >= 11 is 6.05. The zero-order valence-electron chi connectivity index (χ0n) is 12.3. The highest BCUT2D eigenvalue weighted by molar-refractivity contribution is 6.30. The first-order valence-electron chi connectivity index (χ1n) is 6.85. The Hall–Kier alpha value is -2.25. The number of halogens is 1. The highest BCUT2D eigenvalue weighted by Crippen LogP contribution is 2.32. The SMILES string of the molecule is Cc1cc(OCC(=O)OCc2cc(Cl)cc3c2OCOC3)no1. The van der Waals surface area contributed by atoms with Crippen LogP contribution in [-0.4, -0.2) is 24.5 Å². The third-order valence-electron chi connectivity index (χ3n) is 3.08. The van der Waals surface area contributed by atoms with Crippen LogP contribution in [0.3, 0.4) is 0 Å². The first kappa shape index (κ1) is 15.6. The van der Waals surface area contributed by atoms with E-state index in [0.29, 0.717) is 28.7 Å². The predicted molar refractivity (Wildman–Crippen MR) is 78.3 cm³/mol. The molecule has 2 heterocycles. The maximum absolute atomic E-state index is 11.7. The third-order valence-corrected chi connectivity index (χ3v) is 3.30. The number of nitrogens with zero attached hydrogens (tertiary/aromatic N) is 1. The van der Waals surface area contributed by atoms with Crippen molar-refractivity contribution in [3.8, 4) is 11.6 Å². The van der Waals surface area contributed by atoms with Crippen LogP contribution >= 0.6 is 11.6 Å². The maximum atomic E-state index is 11.7. The second-order valence-corrected chi connectivity index (χ2v) is 5.33. The van der Waals surface area contributed by atoms with Crippen LogP contribution in [-0.2, 0) is 27.5 Å². The molecule has 0 saturated heterocycles. The molecule has 0 atom stereocenters. The molecule has 1 aromatic carbocycles. The van der Waals surface area contributed by atoms with Crippen molar-refractivity contribution < 1.29 is 28.3 Å². The first-order chi connectivity index (χ1) is 11.1. The largest absolute Gasteiger partial charge is 0.467 e. The summed E-state index contributed by atoms with van der Waals surface area (Å²) in [4.78, 5) is 11.7. The van der Waals surface area contributed by atoms with E-state index < -0.39 is 5.97 Å². The Morgan fingerprint density at radius 1 is 1.39 bits per heavy atom. The molecule has 0 saturated carbocycles. The van der Waals surface area contributed by atoms with E-state index in [1.54, 1.807) is 25.1 Å². The fourth-order valence-electron chi connectivity index (χ4n) is 2.11. The van der Waals surface area contributed by atoms with Crippen molar-refractivity contribution in [1.29, 1.82) is 0 Å². The van der Waals surface area contributed by atoms with Crippen LogP contribution in [0, 0.1) is 6.92 Å². The van der Waals surface area contributed by atoms with Gasteiger partial charge in [-0.2, -0.15) is 0 Å². The number of aromatic nitrogens is 1. The van der Waals surface area contributed by atoms with Crippen LogP contribution in [0.25, 0.3) is 0 Å². The van der Waals surface area contributed by atoms with Gasteiger partial charge in [0.25, 0.3) is 5.88 Å². The molecule has 8 heteroatoms. The summed E-state index contributed by atoms with van der Waals surface area (Å²) < 4.78 is 25.8. The summed E-state index contributed by atoms with van der Waals surface area (Å²) in [5.74, 6) is 0.936. The van der Waals surface area contributed by atoms with E-state index in [1.165, 1.54) is 0 Å². The quantitative estimate of drug-likeness (QED) is 0.774. The van der Waals surface area contributed by atoms with Gasteiger partial charge in [0.15, 0.2) is 13.4 Å². The number of aryl methyl sites for hydroxylation is 1. The molecule has 0 N–H and O–H groups in total. The van der Waals surface area contributed by atoms with Crippen LogP contribution in [0.2, 0.25) is 5.02 Å². The van der Waals surface area contributed by atoms with Gasteiger partial charge in [0.05, 0.1) is 6.61 Å². The predicted octanol–water partition coefficient (Wildman–Crippen LogP) is 2.63. The zero-order valence-corrected chi connectivity index (χ0v) is 13.1. The number of carbonyl (C=O) groups is 1. The monoisotopic (exact) mass is 339 g/mol. The number of rotatable bonds is 5. The topological polar surface area (TPSA) is 80.0 Å². The van der Waals surface area contributed by atoms with E-state index >= 15 is 0 Å². The molecular weight excluding hydrogens is 326 g/mol. The number of fused-ring (bicyclic) bond motifs is 1. The summed E-state index contributed by atoms with van der Waals surface area (Å²) in [5.41, 5.74) is 1.51. The molecule has 0 spiro atoms. The Balaban J connectivity index is 1.57. The molecule has 7 nitrogen and oxygen atoms in total. The molecule has 0 unspecified atom stereocenters. The second-order valence-electron chi connectivity index (χ2n) is 4.89. The number of hydrogen-bond donors (Lipinski definition) is 0. The third kappa shape index (κ3) is 3.94. The molecule has 0 aliphatic carbocycles. The molecule has 0 bridgehead atoms. The van der Waals surface area contributed by atoms with E-state index in [0.717, 1.165) is 5.56 Å². The Morgan fingerprint density at radius 2 is 2.26 bits per heavy atom. The van der Waals surface area contributed by atoms with Gasteiger partial charge < -0.3 is 23.5 Å². The number of carbonyl (C=O) groups excluding carboxylic acids is 1. The van der Waals surface area contributed by atoms with Crippen molar-refractivity contribution in [3.05, 3.63) is 40.1 Å². The van der Waals surface area contributed by atoms with Crippen molar-refractivity contribution in [2.45, 2.75) is 20.1 Å². The minimum atomic E-state index is -0.536. The lowest BCUT2D eigenvalue weighted by molar-refractivity contribution is -0.147. The molecule has 1 aromatic heterocycles. The van der Waals surface area contributed by atoms with Gasteiger partial charge in [-0.1, -0.05) is 11.6 Å². The highest BCUT2D eigenvalue weighted by Gasteiger charge is 2.18. The lowest BCUT2D eigenvalue weighted by atomic mass is 10.1. The van der Waals surface area contributed by atoms with Crippen molar-refractivity contribution in [2.75, 3.05) is 13.4 Å². The summed E-state index contributed by atoms with van der Waals surface area (Å²) in [6, 6.07) is 5.03. The van der Waals surface area contributed by atoms with Crippen LogP contribution in [0.4, 0.5) is 0 Å². The van der Waals surface area contributed by atoms with Crippen molar-refractivity contribution in [3.63, 3.8) is 0 Å². The van der Waals surface area contributed by atoms with Gasteiger partial charge in [0.1, 0.15) is 18.1 Å². The zero-order chi connectivity index (χ0) is 16.2. The fraction of sp³-hybridized carbons (Fsp3) is 0.333. The standard InChI is InChI=1S/C15H14ClNO6/c1-9-2-13(17-23-9)20-7-14(18)21-6-11-4-12(16)3-10-5-19-8-22-15(10)11/h2-4H,5-8H2,1H3. The molecule has 23 heavy (non-hydrogen) atoms. The van der Waals surface area contributed by atoms with Gasteiger partial charge in [0.2, 0.25) is 0 Å². The minimum Gasteiger partial charge on any atom is -0.467 e.